The number of benzene rings is 1. The zero-order valence-electron chi connectivity index (χ0n) is 13.5. The van der Waals surface area contributed by atoms with E-state index >= 15 is 0 Å². The summed E-state index contributed by atoms with van der Waals surface area (Å²) in [5.74, 6) is 0.0922. The van der Waals surface area contributed by atoms with Crippen LogP contribution in [0.25, 0.3) is 0 Å². The van der Waals surface area contributed by atoms with E-state index in [0.717, 1.165) is 31.7 Å². The van der Waals surface area contributed by atoms with Crippen LogP contribution in [0.1, 0.15) is 18.5 Å². The molecule has 0 aromatic heterocycles. The van der Waals surface area contributed by atoms with Crippen LogP contribution in [0.2, 0.25) is 5.02 Å². The summed E-state index contributed by atoms with van der Waals surface area (Å²) in [6.07, 6.45) is -0.358. The molecule has 126 valence electrons. The second-order valence-corrected chi connectivity index (χ2v) is 6.50. The Hall–Kier alpha value is -1.14. The fraction of sp³-hybridized carbons (Fsp3) is 0.588. The van der Waals surface area contributed by atoms with Gasteiger partial charge in [0.05, 0.1) is 12.6 Å². The lowest BCUT2D eigenvalue weighted by Gasteiger charge is -2.40. The number of hydrogen-bond donors (Lipinski definition) is 1. The highest BCUT2D eigenvalue weighted by Gasteiger charge is 2.35. The molecule has 1 aromatic carbocycles. The Morgan fingerprint density at radius 1 is 1.43 bits per heavy atom. The lowest BCUT2D eigenvalue weighted by atomic mass is 10.0. The van der Waals surface area contributed by atoms with Gasteiger partial charge in [-0.15, -0.1) is 0 Å². The molecule has 5 nitrogen and oxygen atoms in total. The maximum atomic E-state index is 13.0. The summed E-state index contributed by atoms with van der Waals surface area (Å²) < 4.78 is 5.75. The summed E-state index contributed by atoms with van der Waals surface area (Å²) in [6, 6.07) is 7.78. The van der Waals surface area contributed by atoms with E-state index in [1.807, 2.05) is 29.2 Å². The molecular formula is C17H24ClN3O2. The van der Waals surface area contributed by atoms with Crippen molar-refractivity contribution in [3.8, 4) is 0 Å². The molecule has 2 heterocycles. The molecule has 0 radical (unpaired) electrons. The summed E-state index contributed by atoms with van der Waals surface area (Å²) in [7, 11) is 0. The van der Waals surface area contributed by atoms with E-state index in [9.17, 15) is 4.79 Å². The molecule has 1 N–H and O–H groups in total. The molecule has 3 rings (SSSR count). The summed E-state index contributed by atoms with van der Waals surface area (Å²) in [5, 5.41) is 4.07. The first kappa shape index (κ1) is 16.7. The van der Waals surface area contributed by atoms with Gasteiger partial charge >= 0.3 is 0 Å². The van der Waals surface area contributed by atoms with Crippen molar-refractivity contribution < 1.29 is 9.53 Å². The van der Waals surface area contributed by atoms with Crippen molar-refractivity contribution in [2.45, 2.75) is 19.1 Å². The molecule has 2 aliphatic rings. The smallest absolute Gasteiger partial charge is 0.253 e. The molecule has 0 aliphatic carbocycles. The van der Waals surface area contributed by atoms with E-state index in [2.05, 4.69) is 17.1 Å². The first-order chi connectivity index (χ1) is 11.2. The van der Waals surface area contributed by atoms with Crippen LogP contribution in [0.15, 0.2) is 24.3 Å². The summed E-state index contributed by atoms with van der Waals surface area (Å²) in [6.45, 7) is 7.53. The predicted molar refractivity (Wildman–Crippen MR) is 90.6 cm³/mol. The van der Waals surface area contributed by atoms with Gasteiger partial charge in [-0.3, -0.25) is 9.69 Å². The quantitative estimate of drug-likeness (QED) is 0.908. The highest BCUT2D eigenvalue weighted by atomic mass is 35.5. The Kier molecular flexibility index (Phi) is 5.54. The number of piperazine rings is 1. The van der Waals surface area contributed by atoms with Crippen molar-refractivity contribution in [2.75, 3.05) is 45.9 Å². The van der Waals surface area contributed by atoms with Gasteiger partial charge in [0.1, 0.15) is 6.10 Å². The van der Waals surface area contributed by atoms with Crippen LogP contribution in [-0.4, -0.2) is 67.7 Å². The Labute approximate surface area is 142 Å². The number of nitrogens with one attached hydrogen (secondary N) is 1. The molecule has 2 atom stereocenters. The first-order valence-electron chi connectivity index (χ1n) is 8.29. The standard InChI is InChI=1S/C17H24ClN3O2/c1-2-20-8-9-23-16(12-20)17(22)21-7-6-19-11-15(21)13-4-3-5-14(18)10-13/h3-5,10,15-16,19H,2,6-9,11-12H2,1H3. The summed E-state index contributed by atoms with van der Waals surface area (Å²) in [5.41, 5.74) is 1.07. The molecule has 0 bridgehead atoms. The van der Waals surface area contributed by atoms with Gasteiger partial charge in [0.15, 0.2) is 0 Å². The molecule has 0 saturated carbocycles. The van der Waals surface area contributed by atoms with E-state index in [-0.39, 0.29) is 18.1 Å². The zero-order chi connectivity index (χ0) is 16.2. The third-order valence-corrected chi connectivity index (χ3v) is 4.87. The van der Waals surface area contributed by atoms with Gasteiger partial charge in [-0.05, 0) is 24.2 Å². The second-order valence-electron chi connectivity index (χ2n) is 6.06. The van der Waals surface area contributed by atoms with Crippen LogP contribution in [0.3, 0.4) is 0 Å². The van der Waals surface area contributed by atoms with Crippen LogP contribution < -0.4 is 5.32 Å². The largest absolute Gasteiger partial charge is 0.366 e. The van der Waals surface area contributed by atoms with E-state index in [4.69, 9.17) is 16.3 Å². The second kappa shape index (κ2) is 7.62. The number of carbonyl (C=O) groups excluding carboxylic acids is 1. The number of amides is 1. The molecule has 2 aliphatic heterocycles. The van der Waals surface area contributed by atoms with Gasteiger partial charge in [0, 0.05) is 37.7 Å². The van der Waals surface area contributed by atoms with Crippen molar-refractivity contribution in [2.24, 2.45) is 0 Å². The zero-order valence-corrected chi connectivity index (χ0v) is 14.3. The molecule has 2 fully saturated rings. The molecular weight excluding hydrogens is 314 g/mol. The third-order valence-electron chi connectivity index (χ3n) is 4.63. The van der Waals surface area contributed by atoms with Gasteiger partial charge in [0.25, 0.3) is 5.91 Å². The average molecular weight is 338 g/mol. The number of morpholine rings is 1. The summed E-state index contributed by atoms with van der Waals surface area (Å²) >= 11 is 6.12. The van der Waals surface area contributed by atoms with Gasteiger partial charge in [-0.25, -0.2) is 0 Å². The van der Waals surface area contributed by atoms with Gasteiger partial charge in [-0.1, -0.05) is 30.7 Å². The van der Waals surface area contributed by atoms with E-state index in [0.29, 0.717) is 24.7 Å². The van der Waals surface area contributed by atoms with E-state index in [1.54, 1.807) is 0 Å². The van der Waals surface area contributed by atoms with Crippen LogP contribution in [0, 0.1) is 0 Å². The minimum absolute atomic E-state index is 0.00977. The molecule has 2 unspecified atom stereocenters. The molecule has 23 heavy (non-hydrogen) atoms. The Morgan fingerprint density at radius 2 is 2.30 bits per heavy atom. The summed E-state index contributed by atoms with van der Waals surface area (Å²) in [4.78, 5) is 17.2. The maximum absolute atomic E-state index is 13.0. The SMILES string of the molecule is CCN1CCOC(C(=O)N2CCNCC2c2cccc(Cl)c2)C1. The van der Waals surface area contributed by atoms with Crippen LogP contribution in [0.5, 0.6) is 0 Å². The lowest BCUT2D eigenvalue weighted by molar-refractivity contribution is -0.152. The minimum atomic E-state index is -0.358. The number of nitrogens with zero attached hydrogens (tertiary/aromatic N) is 2. The molecule has 0 spiro atoms. The van der Waals surface area contributed by atoms with Gasteiger partial charge < -0.3 is 15.0 Å². The van der Waals surface area contributed by atoms with Crippen molar-refractivity contribution in [1.82, 2.24) is 15.1 Å². The third kappa shape index (κ3) is 3.86. The first-order valence-corrected chi connectivity index (χ1v) is 8.67. The average Bonchev–Trinajstić information content (AvgIpc) is 2.61. The number of halogens is 1. The number of hydrogen-bond acceptors (Lipinski definition) is 4. The fourth-order valence-corrected chi connectivity index (χ4v) is 3.50. The number of carbonyl (C=O) groups is 1. The van der Waals surface area contributed by atoms with E-state index in [1.165, 1.54) is 0 Å². The normalized spacial score (nSPS) is 26.3. The predicted octanol–water partition coefficient (Wildman–Crippen LogP) is 1.53. The lowest BCUT2D eigenvalue weighted by Crippen LogP contribution is -2.56. The van der Waals surface area contributed by atoms with Crippen LogP contribution in [-0.2, 0) is 9.53 Å². The molecule has 1 amide bonds. The van der Waals surface area contributed by atoms with Crippen molar-refractivity contribution in [3.63, 3.8) is 0 Å². The van der Waals surface area contributed by atoms with E-state index < -0.39 is 0 Å². The van der Waals surface area contributed by atoms with Crippen LogP contribution >= 0.6 is 11.6 Å². The highest BCUT2D eigenvalue weighted by Crippen LogP contribution is 2.26. The highest BCUT2D eigenvalue weighted by molar-refractivity contribution is 6.30. The molecule has 6 heteroatoms. The van der Waals surface area contributed by atoms with Crippen LogP contribution in [0.4, 0.5) is 0 Å². The van der Waals surface area contributed by atoms with Crippen molar-refractivity contribution >= 4 is 17.5 Å². The number of rotatable bonds is 3. The Bertz CT molecular complexity index is 554. The molecule has 2 saturated heterocycles. The monoisotopic (exact) mass is 337 g/mol. The maximum Gasteiger partial charge on any atom is 0.253 e. The van der Waals surface area contributed by atoms with Crippen molar-refractivity contribution in [1.29, 1.82) is 0 Å². The van der Waals surface area contributed by atoms with Crippen molar-refractivity contribution in [3.05, 3.63) is 34.9 Å². The molecule has 1 aromatic rings. The Balaban J connectivity index is 1.76. The topological polar surface area (TPSA) is 44.8 Å². The van der Waals surface area contributed by atoms with Gasteiger partial charge in [-0.2, -0.15) is 0 Å². The minimum Gasteiger partial charge on any atom is -0.366 e. The van der Waals surface area contributed by atoms with Gasteiger partial charge in [0.2, 0.25) is 0 Å². The fourth-order valence-electron chi connectivity index (χ4n) is 3.30. The number of likely N-dealkylation sites (N-methyl/N-ethyl adjacent to an activating group) is 1. The Morgan fingerprint density at radius 3 is 3.09 bits per heavy atom. The number of ether oxygens (including phenoxy) is 1.